The van der Waals surface area contributed by atoms with Crippen LogP contribution in [0.15, 0.2) is 42.5 Å². The van der Waals surface area contributed by atoms with Crippen molar-refractivity contribution in [1.82, 2.24) is 0 Å². The van der Waals surface area contributed by atoms with Gasteiger partial charge in [-0.3, -0.25) is 4.31 Å². The van der Waals surface area contributed by atoms with Gasteiger partial charge in [-0.15, -0.1) is 0 Å². The third-order valence-electron chi connectivity index (χ3n) is 3.91. The molecule has 27 heavy (non-hydrogen) atoms. The molecule has 0 heterocycles. The number of carbonyl (C=O) groups is 1. The first kappa shape index (κ1) is 20.5. The van der Waals surface area contributed by atoms with Gasteiger partial charge in [-0.1, -0.05) is 0 Å². The lowest BCUT2D eigenvalue weighted by Gasteiger charge is -2.29. The second-order valence-electron chi connectivity index (χ2n) is 5.77. The molecule has 146 valence electrons. The monoisotopic (exact) mass is 397 g/mol. The molecular formula is C18H20FNO6S. The lowest BCUT2D eigenvalue weighted by Crippen LogP contribution is -2.46. The standard InChI is InChI=1S/C18H20FNO6S/c1-25-15-8-9-17(26-2)12(10-15)11-16(18(21)22)20(27(3,23)24)14-6-4-13(19)5-7-14/h4-10,16H,11H2,1-3H3,(H,21,22). The summed E-state index contributed by atoms with van der Waals surface area (Å²) in [6.07, 6.45) is 0.718. The summed E-state index contributed by atoms with van der Waals surface area (Å²) in [6.45, 7) is 0. The van der Waals surface area contributed by atoms with Crippen molar-refractivity contribution < 1.29 is 32.2 Å². The van der Waals surface area contributed by atoms with Gasteiger partial charge in [-0.05, 0) is 42.5 Å². The zero-order chi connectivity index (χ0) is 20.2. The average molecular weight is 397 g/mol. The predicted octanol–water partition coefficient (Wildman–Crippen LogP) is 2.30. The van der Waals surface area contributed by atoms with Gasteiger partial charge in [-0.25, -0.2) is 17.6 Å². The fraction of sp³-hybridized carbons (Fsp3) is 0.278. The molecule has 0 aliphatic heterocycles. The van der Waals surface area contributed by atoms with Crippen molar-refractivity contribution in [2.24, 2.45) is 0 Å². The Balaban J connectivity index is 2.54. The number of anilines is 1. The van der Waals surface area contributed by atoms with Crippen molar-refractivity contribution in [2.75, 3.05) is 24.8 Å². The second kappa shape index (κ2) is 8.26. The van der Waals surface area contributed by atoms with Gasteiger partial charge < -0.3 is 14.6 Å². The molecule has 2 rings (SSSR count). The van der Waals surface area contributed by atoms with E-state index in [0.717, 1.165) is 22.7 Å². The minimum Gasteiger partial charge on any atom is -0.497 e. The third-order valence-corrected chi connectivity index (χ3v) is 5.09. The van der Waals surface area contributed by atoms with Crippen LogP contribution in [0.25, 0.3) is 0 Å². The summed E-state index contributed by atoms with van der Waals surface area (Å²) in [5.41, 5.74) is 0.508. The molecule has 0 aliphatic carbocycles. The number of benzene rings is 2. The highest BCUT2D eigenvalue weighted by Crippen LogP contribution is 2.29. The maximum atomic E-state index is 13.2. The van der Waals surface area contributed by atoms with Crippen molar-refractivity contribution in [2.45, 2.75) is 12.5 Å². The van der Waals surface area contributed by atoms with E-state index in [9.17, 15) is 22.7 Å². The van der Waals surface area contributed by atoms with Crippen molar-refractivity contribution in [3.05, 3.63) is 53.8 Å². The normalized spacial score (nSPS) is 12.3. The molecule has 1 N–H and O–H groups in total. The fourth-order valence-corrected chi connectivity index (χ4v) is 3.84. The number of rotatable bonds is 8. The summed E-state index contributed by atoms with van der Waals surface area (Å²) in [5.74, 6) is -1.04. The Hall–Kier alpha value is -2.81. The number of ether oxygens (including phenoxy) is 2. The second-order valence-corrected chi connectivity index (χ2v) is 7.63. The molecule has 0 bridgehead atoms. The molecule has 0 saturated carbocycles. The van der Waals surface area contributed by atoms with Crippen LogP contribution in [-0.2, 0) is 21.2 Å². The number of carboxylic acid groups (broad SMARTS) is 1. The molecule has 1 unspecified atom stereocenters. The summed E-state index contributed by atoms with van der Waals surface area (Å²) in [5, 5.41) is 9.72. The molecule has 0 saturated heterocycles. The molecule has 1 atom stereocenters. The highest BCUT2D eigenvalue weighted by molar-refractivity contribution is 7.92. The van der Waals surface area contributed by atoms with Gasteiger partial charge in [0.2, 0.25) is 10.0 Å². The summed E-state index contributed by atoms with van der Waals surface area (Å²) >= 11 is 0. The predicted molar refractivity (Wildman–Crippen MR) is 98.4 cm³/mol. The third kappa shape index (κ3) is 4.88. The van der Waals surface area contributed by atoms with E-state index in [4.69, 9.17) is 9.47 Å². The van der Waals surface area contributed by atoms with Gasteiger partial charge in [-0.2, -0.15) is 0 Å². The van der Waals surface area contributed by atoms with Gasteiger partial charge >= 0.3 is 5.97 Å². The number of methoxy groups -OCH3 is 2. The first-order valence-electron chi connectivity index (χ1n) is 7.86. The van der Waals surface area contributed by atoms with Gasteiger partial charge in [0.25, 0.3) is 0 Å². The topological polar surface area (TPSA) is 93.1 Å². The van der Waals surface area contributed by atoms with Gasteiger partial charge in [0.15, 0.2) is 0 Å². The molecule has 0 aliphatic rings. The van der Waals surface area contributed by atoms with E-state index in [2.05, 4.69) is 0 Å². The molecular weight excluding hydrogens is 377 g/mol. The van der Waals surface area contributed by atoms with Gasteiger partial charge in [0, 0.05) is 12.0 Å². The van der Waals surface area contributed by atoms with E-state index in [1.165, 1.54) is 26.4 Å². The van der Waals surface area contributed by atoms with Crippen LogP contribution >= 0.6 is 0 Å². The molecule has 0 spiro atoms. The van der Waals surface area contributed by atoms with E-state index in [-0.39, 0.29) is 12.1 Å². The SMILES string of the molecule is COc1ccc(OC)c(CC(C(=O)O)N(c2ccc(F)cc2)S(C)(=O)=O)c1. The zero-order valence-corrected chi connectivity index (χ0v) is 15.9. The Labute approximate surface area is 157 Å². The van der Waals surface area contributed by atoms with Crippen LogP contribution < -0.4 is 13.8 Å². The number of sulfonamides is 1. The highest BCUT2D eigenvalue weighted by atomic mass is 32.2. The fourth-order valence-electron chi connectivity index (χ4n) is 2.71. The van der Waals surface area contributed by atoms with Crippen LogP contribution in [-0.4, -0.2) is 46.0 Å². The van der Waals surface area contributed by atoms with E-state index >= 15 is 0 Å². The summed E-state index contributed by atoms with van der Waals surface area (Å²) in [7, 11) is -1.09. The van der Waals surface area contributed by atoms with Crippen molar-refractivity contribution in [1.29, 1.82) is 0 Å². The molecule has 0 radical (unpaired) electrons. The Bertz CT molecular complexity index is 914. The first-order chi connectivity index (χ1) is 12.7. The van der Waals surface area contributed by atoms with Crippen molar-refractivity contribution >= 4 is 21.7 Å². The summed E-state index contributed by atoms with van der Waals surface area (Å²) in [6, 6.07) is 7.94. The largest absolute Gasteiger partial charge is 0.497 e. The van der Waals surface area contributed by atoms with Gasteiger partial charge in [0.1, 0.15) is 23.4 Å². The molecule has 0 fully saturated rings. The number of hydrogen-bond acceptors (Lipinski definition) is 5. The quantitative estimate of drug-likeness (QED) is 0.735. The van der Waals surface area contributed by atoms with Crippen LogP contribution in [0.4, 0.5) is 10.1 Å². The maximum absolute atomic E-state index is 13.2. The Kier molecular flexibility index (Phi) is 6.27. The summed E-state index contributed by atoms with van der Waals surface area (Å²) < 4.78 is 49.1. The Morgan fingerprint density at radius 2 is 1.78 bits per heavy atom. The minimum absolute atomic E-state index is 0.0492. The van der Waals surface area contributed by atoms with E-state index in [1.807, 2.05) is 0 Å². The molecule has 0 aromatic heterocycles. The van der Waals surface area contributed by atoms with Gasteiger partial charge in [0.05, 0.1) is 26.2 Å². The number of carboxylic acids is 1. The average Bonchev–Trinajstić information content (AvgIpc) is 2.61. The van der Waals surface area contributed by atoms with E-state index in [0.29, 0.717) is 17.1 Å². The Morgan fingerprint density at radius 1 is 1.15 bits per heavy atom. The van der Waals surface area contributed by atoms with Crippen LogP contribution in [0.1, 0.15) is 5.56 Å². The lowest BCUT2D eigenvalue weighted by molar-refractivity contribution is -0.138. The number of hydrogen-bond donors (Lipinski definition) is 1. The molecule has 2 aromatic rings. The minimum atomic E-state index is -3.97. The van der Waals surface area contributed by atoms with E-state index in [1.54, 1.807) is 18.2 Å². The number of halogens is 1. The highest BCUT2D eigenvalue weighted by Gasteiger charge is 2.33. The molecule has 9 heteroatoms. The van der Waals surface area contributed by atoms with Crippen LogP contribution in [0.5, 0.6) is 11.5 Å². The first-order valence-corrected chi connectivity index (χ1v) is 9.71. The number of nitrogens with zero attached hydrogens (tertiary/aromatic N) is 1. The summed E-state index contributed by atoms with van der Waals surface area (Å²) in [4.78, 5) is 11.9. The van der Waals surface area contributed by atoms with Crippen LogP contribution in [0.2, 0.25) is 0 Å². The lowest BCUT2D eigenvalue weighted by atomic mass is 10.0. The van der Waals surface area contributed by atoms with Crippen LogP contribution in [0, 0.1) is 5.82 Å². The van der Waals surface area contributed by atoms with Crippen LogP contribution in [0.3, 0.4) is 0 Å². The smallest absolute Gasteiger partial charge is 0.327 e. The van der Waals surface area contributed by atoms with Crippen molar-refractivity contribution in [3.8, 4) is 11.5 Å². The zero-order valence-electron chi connectivity index (χ0n) is 15.0. The molecule has 0 amide bonds. The number of aliphatic carboxylic acids is 1. The Morgan fingerprint density at radius 3 is 2.26 bits per heavy atom. The molecule has 2 aromatic carbocycles. The molecule has 7 nitrogen and oxygen atoms in total. The maximum Gasteiger partial charge on any atom is 0.327 e. The van der Waals surface area contributed by atoms with E-state index < -0.39 is 27.9 Å². The van der Waals surface area contributed by atoms with Crippen molar-refractivity contribution in [3.63, 3.8) is 0 Å².